The Morgan fingerprint density at radius 2 is 2.12 bits per heavy atom. The number of carbonyl (C=O) groups excluding carboxylic acids is 1. The summed E-state index contributed by atoms with van der Waals surface area (Å²) in [4.78, 5) is 16.9. The number of carbonyl (C=O) groups is 1. The predicted octanol–water partition coefficient (Wildman–Crippen LogP) is 3.09. The van der Waals surface area contributed by atoms with E-state index in [2.05, 4.69) is 15.4 Å². The fourth-order valence-corrected chi connectivity index (χ4v) is 3.18. The molecule has 4 rings (SSSR count). The lowest BCUT2D eigenvalue weighted by molar-refractivity contribution is 0.102. The number of hydrogen-bond donors (Lipinski definition) is 1. The van der Waals surface area contributed by atoms with Crippen molar-refractivity contribution >= 4 is 22.6 Å². The molecule has 0 atom stereocenters. The molecule has 0 unspecified atom stereocenters. The van der Waals surface area contributed by atoms with E-state index >= 15 is 0 Å². The summed E-state index contributed by atoms with van der Waals surface area (Å²) in [5.41, 5.74) is 0.881. The van der Waals surface area contributed by atoms with E-state index < -0.39 is 13.0 Å². The van der Waals surface area contributed by atoms with Gasteiger partial charge in [-0.25, -0.2) is 13.8 Å². The van der Waals surface area contributed by atoms with Gasteiger partial charge < -0.3 is 9.88 Å². The van der Waals surface area contributed by atoms with Crippen LogP contribution < -0.4 is 5.32 Å². The second-order valence-electron chi connectivity index (χ2n) is 6.09. The molecule has 0 radical (unpaired) electrons. The Bertz CT molecular complexity index is 907. The second kappa shape index (κ2) is 6.27. The number of anilines is 1. The van der Waals surface area contributed by atoms with Gasteiger partial charge in [0.25, 0.3) is 12.3 Å². The van der Waals surface area contributed by atoms with Gasteiger partial charge in [0.2, 0.25) is 0 Å². The van der Waals surface area contributed by atoms with Crippen LogP contribution in [-0.4, -0.2) is 31.7 Å². The molecule has 0 fully saturated rings. The molecule has 0 bridgehead atoms. The highest BCUT2D eigenvalue weighted by atomic mass is 19.3. The topological polar surface area (TPSA) is 64.7 Å². The van der Waals surface area contributed by atoms with Crippen LogP contribution in [0.4, 0.5) is 14.6 Å². The Hall–Kier alpha value is -2.77. The number of alkyl halides is 2. The first-order valence-corrected chi connectivity index (χ1v) is 8.23. The molecule has 1 aromatic carbocycles. The molecule has 25 heavy (non-hydrogen) atoms. The van der Waals surface area contributed by atoms with Crippen LogP contribution in [0.25, 0.3) is 10.9 Å². The second-order valence-corrected chi connectivity index (χ2v) is 6.09. The number of rotatable bonds is 4. The smallest absolute Gasteiger partial charge is 0.277 e. The zero-order valence-electron chi connectivity index (χ0n) is 13.5. The van der Waals surface area contributed by atoms with Crippen molar-refractivity contribution in [2.75, 3.05) is 5.32 Å². The summed E-state index contributed by atoms with van der Waals surface area (Å²) in [6.07, 6.45) is 2.22. The van der Waals surface area contributed by atoms with Crippen LogP contribution in [0.3, 0.4) is 0 Å². The van der Waals surface area contributed by atoms with Crippen LogP contribution in [0.5, 0.6) is 0 Å². The summed E-state index contributed by atoms with van der Waals surface area (Å²) >= 11 is 0. The van der Waals surface area contributed by atoms with Gasteiger partial charge in [-0.05, 0) is 25.0 Å². The molecule has 0 saturated heterocycles. The van der Waals surface area contributed by atoms with E-state index in [0.29, 0.717) is 16.6 Å². The van der Waals surface area contributed by atoms with Crippen LogP contribution in [0.15, 0.2) is 30.5 Å². The van der Waals surface area contributed by atoms with E-state index in [1.807, 2.05) is 4.57 Å². The number of amides is 1. The number of para-hydroxylation sites is 1. The van der Waals surface area contributed by atoms with Crippen LogP contribution in [0, 0.1) is 0 Å². The van der Waals surface area contributed by atoms with Crippen LogP contribution in [0.1, 0.15) is 29.2 Å². The number of nitrogens with zero attached hydrogens (tertiary/aromatic N) is 4. The number of imidazole rings is 1. The third-order valence-electron chi connectivity index (χ3n) is 4.34. The number of hydrogen-bond acceptors (Lipinski definition) is 3. The Labute approximate surface area is 142 Å². The molecular formula is C17H17F2N5O. The Morgan fingerprint density at radius 3 is 2.92 bits per heavy atom. The van der Waals surface area contributed by atoms with E-state index in [1.54, 1.807) is 30.5 Å². The van der Waals surface area contributed by atoms with E-state index in [4.69, 9.17) is 0 Å². The molecule has 1 aliphatic heterocycles. The van der Waals surface area contributed by atoms with Crippen molar-refractivity contribution in [3.8, 4) is 0 Å². The molecule has 3 aromatic rings. The molecule has 0 saturated carbocycles. The molecule has 3 heterocycles. The normalized spacial score (nSPS) is 14.0. The van der Waals surface area contributed by atoms with Crippen molar-refractivity contribution in [1.82, 2.24) is 19.3 Å². The maximum absolute atomic E-state index is 12.8. The Kier molecular flexibility index (Phi) is 3.95. The first kappa shape index (κ1) is 15.7. The van der Waals surface area contributed by atoms with E-state index in [9.17, 15) is 13.6 Å². The Balaban J connectivity index is 1.64. The van der Waals surface area contributed by atoms with Gasteiger partial charge in [0, 0.05) is 24.5 Å². The van der Waals surface area contributed by atoms with Crippen molar-refractivity contribution < 1.29 is 13.6 Å². The van der Waals surface area contributed by atoms with Gasteiger partial charge in [-0.1, -0.05) is 12.1 Å². The monoisotopic (exact) mass is 345 g/mol. The SMILES string of the molecule is O=C(Nc1nn(CC(F)F)c2ccccc12)c1cn2c(n1)CCCC2. The van der Waals surface area contributed by atoms with Crippen molar-refractivity contribution in [2.45, 2.75) is 38.8 Å². The lowest BCUT2D eigenvalue weighted by atomic mass is 10.2. The van der Waals surface area contributed by atoms with E-state index in [1.165, 1.54) is 4.68 Å². The summed E-state index contributed by atoms with van der Waals surface area (Å²) in [6.45, 7) is 0.344. The molecule has 1 N–H and O–H groups in total. The molecule has 1 aliphatic rings. The number of fused-ring (bicyclic) bond motifs is 2. The molecule has 2 aromatic heterocycles. The maximum atomic E-state index is 12.8. The summed E-state index contributed by atoms with van der Waals surface area (Å²) in [6, 6.07) is 6.98. The highest BCUT2D eigenvalue weighted by Gasteiger charge is 2.20. The highest BCUT2D eigenvalue weighted by molar-refractivity contribution is 6.06. The summed E-state index contributed by atoms with van der Waals surface area (Å²) in [5.74, 6) is 0.797. The molecule has 6 nitrogen and oxygen atoms in total. The van der Waals surface area contributed by atoms with Crippen molar-refractivity contribution in [3.63, 3.8) is 0 Å². The minimum atomic E-state index is -2.52. The van der Waals surface area contributed by atoms with Gasteiger partial charge in [0.15, 0.2) is 5.82 Å². The number of aromatic nitrogens is 4. The molecule has 130 valence electrons. The maximum Gasteiger partial charge on any atom is 0.277 e. The number of aryl methyl sites for hydroxylation is 2. The zero-order valence-corrected chi connectivity index (χ0v) is 13.5. The molecular weight excluding hydrogens is 328 g/mol. The minimum Gasteiger partial charge on any atom is -0.334 e. The lowest BCUT2D eigenvalue weighted by Crippen LogP contribution is -2.14. The van der Waals surface area contributed by atoms with Crippen LogP contribution >= 0.6 is 0 Å². The summed E-state index contributed by atoms with van der Waals surface area (Å²) in [7, 11) is 0. The summed E-state index contributed by atoms with van der Waals surface area (Å²) < 4.78 is 28.7. The van der Waals surface area contributed by atoms with Gasteiger partial charge in [-0.15, -0.1) is 0 Å². The highest BCUT2D eigenvalue weighted by Crippen LogP contribution is 2.24. The molecule has 8 heteroatoms. The number of benzene rings is 1. The largest absolute Gasteiger partial charge is 0.334 e. The van der Waals surface area contributed by atoms with Gasteiger partial charge in [-0.3, -0.25) is 9.48 Å². The minimum absolute atomic E-state index is 0.271. The number of nitrogens with one attached hydrogen (secondary N) is 1. The first-order chi connectivity index (χ1) is 12.1. The fourth-order valence-electron chi connectivity index (χ4n) is 3.18. The lowest BCUT2D eigenvalue weighted by Gasteiger charge is -2.11. The Morgan fingerprint density at radius 1 is 1.28 bits per heavy atom. The average molecular weight is 345 g/mol. The van der Waals surface area contributed by atoms with Gasteiger partial charge in [-0.2, -0.15) is 5.10 Å². The van der Waals surface area contributed by atoms with Gasteiger partial charge in [0.05, 0.1) is 5.52 Å². The van der Waals surface area contributed by atoms with E-state index in [-0.39, 0.29) is 11.7 Å². The predicted molar refractivity (Wildman–Crippen MR) is 88.9 cm³/mol. The van der Waals surface area contributed by atoms with Crippen molar-refractivity contribution in [1.29, 1.82) is 0 Å². The summed E-state index contributed by atoms with van der Waals surface area (Å²) in [5, 5.41) is 7.48. The van der Waals surface area contributed by atoms with E-state index in [0.717, 1.165) is 31.6 Å². The standard InChI is InChI=1S/C17H17F2N5O/c18-14(19)10-24-13-6-2-1-5-11(13)16(22-24)21-17(25)12-9-23-8-4-3-7-15(23)20-12/h1-2,5-6,9,14H,3-4,7-8,10H2,(H,21,22,25). The third-order valence-corrected chi connectivity index (χ3v) is 4.34. The van der Waals surface area contributed by atoms with Gasteiger partial charge >= 0.3 is 0 Å². The third kappa shape index (κ3) is 2.99. The molecule has 0 spiro atoms. The molecule has 0 aliphatic carbocycles. The average Bonchev–Trinajstić information content (AvgIpc) is 3.17. The zero-order chi connectivity index (χ0) is 17.4. The quantitative estimate of drug-likeness (QED) is 0.790. The van der Waals surface area contributed by atoms with Crippen molar-refractivity contribution in [2.24, 2.45) is 0 Å². The fraction of sp³-hybridized carbons (Fsp3) is 0.353. The van der Waals surface area contributed by atoms with Crippen molar-refractivity contribution in [3.05, 3.63) is 42.0 Å². The first-order valence-electron chi connectivity index (χ1n) is 8.23. The van der Waals surface area contributed by atoms with Crippen LogP contribution in [-0.2, 0) is 19.5 Å². The number of halogens is 2. The van der Waals surface area contributed by atoms with Gasteiger partial charge in [0.1, 0.15) is 18.1 Å². The van der Waals surface area contributed by atoms with Crippen LogP contribution in [0.2, 0.25) is 0 Å². The molecule has 1 amide bonds.